The lowest BCUT2D eigenvalue weighted by atomic mass is 10.0. The van der Waals surface area contributed by atoms with E-state index in [0.717, 1.165) is 19.6 Å². The van der Waals surface area contributed by atoms with Crippen molar-refractivity contribution in [1.82, 2.24) is 10.2 Å². The molecule has 0 aromatic heterocycles. The lowest BCUT2D eigenvalue weighted by molar-refractivity contribution is -0.0532. The molecule has 2 fully saturated rings. The summed E-state index contributed by atoms with van der Waals surface area (Å²) in [5.74, 6) is 0. The largest absolute Gasteiger partial charge is 0.372 e. The van der Waals surface area contributed by atoms with Gasteiger partial charge in [-0.05, 0) is 18.4 Å². The second kappa shape index (κ2) is 6.25. The van der Waals surface area contributed by atoms with Crippen molar-refractivity contribution in [1.29, 1.82) is 0 Å². The fourth-order valence-corrected chi connectivity index (χ4v) is 3.38. The van der Waals surface area contributed by atoms with E-state index in [2.05, 4.69) is 54.4 Å². The molecule has 1 aromatic carbocycles. The van der Waals surface area contributed by atoms with Gasteiger partial charge < -0.3 is 10.1 Å². The molecule has 2 aliphatic rings. The Morgan fingerprint density at radius 3 is 2.40 bits per heavy atom. The van der Waals surface area contributed by atoms with Gasteiger partial charge in [-0.25, -0.2) is 0 Å². The molecule has 3 unspecified atom stereocenters. The van der Waals surface area contributed by atoms with Crippen LogP contribution in [0.2, 0.25) is 0 Å². The van der Waals surface area contributed by atoms with Gasteiger partial charge >= 0.3 is 0 Å². The van der Waals surface area contributed by atoms with Crippen LogP contribution < -0.4 is 5.32 Å². The average molecular weight is 274 g/mol. The van der Waals surface area contributed by atoms with Crippen LogP contribution in [0.15, 0.2) is 30.3 Å². The maximum Gasteiger partial charge on any atom is 0.0707 e. The van der Waals surface area contributed by atoms with Gasteiger partial charge in [0.15, 0.2) is 0 Å². The van der Waals surface area contributed by atoms with E-state index >= 15 is 0 Å². The first kappa shape index (κ1) is 14.1. The van der Waals surface area contributed by atoms with Crippen molar-refractivity contribution in [3.05, 3.63) is 35.9 Å². The minimum Gasteiger partial charge on any atom is -0.372 e. The summed E-state index contributed by atoms with van der Waals surface area (Å²) in [6.45, 7) is 7.60. The lowest BCUT2D eigenvalue weighted by Crippen LogP contribution is -2.47. The van der Waals surface area contributed by atoms with Crippen molar-refractivity contribution >= 4 is 0 Å². The van der Waals surface area contributed by atoms with E-state index in [9.17, 15) is 0 Å². The van der Waals surface area contributed by atoms with Crippen LogP contribution in [-0.4, -0.2) is 42.8 Å². The molecule has 0 radical (unpaired) electrons. The van der Waals surface area contributed by atoms with E-state index in [-0.39, 0.29) is 0 Å². The molecular formula is C17H26N2O. The highest BCUT2D eigenvalue weighted by Gasteiger charge is 2.36. The number of hydrogen-bond donors (Lipinski definition) is 1. The summed E-state index contributed by atoms with van der Waals surface area (Å²) >= 11 is 0. The van der Waals surface area contributed by atoms with Gasteiger partial charge in [0.25, 0.3) is 0 Å². The van der Waals surface area contributed by atoms with E-state index < -0.39 is 0 Å². The third-order valence-electron chi connectivity index (χ3n) is 4.42. The first-order valence-electron chi connectivity index (χ1n) is 7.90. The number of morpholine rings is 1. The van der Waals surface area contributed by atoms with Crippen LogP contribution in [-0.2, 0) is 4.74 Å². The maximum atomic E-state index is 5.98. The molecule has 1 aromatic rings. The number of nitrogens with zero attached hydrogens (tertiary/aromatic N) is 1. The minimum absolute atomic E-state index is 0.457. The summed E-state index contributed by atoms with van der Waals surface area (Å²) in [6.07, 6.45) is 3.39. The Kier molecular flexibility index (Phi) is 4.39. The highest BCUT2D eigenvalue weighted by atomic mass is 16.5. The zero-order valence-electron chi connectivity index (χ0n) is 12.6. The van der Waals surface area contributed by atoms with Crippen molar-refractivity contribution in [3.63, 3.8) is 0 Å². The summed E-state index contributed by atoms with van der Waals surface area (Å²) in [5, 5.41) is 3.61. The smallest absolute Gasteiger partial charge is 0.0707 e. The van der Waals surface area contributed by atoms with E-state index in [1.54, 1.807) is 0 Å². The molecule has 0 amide bonds. The molecular weight excluding hydrogens is 248 g/mol. The molecule has 2 aliphatic heterocycles. The number of hydrogen-bond acceptors (Lipinski definition) is 3. The molecule has 110 valence electrons. The van der Waals surface area contributed by atoms with Crippen LogP contribution in [0.25, 0.3) is 0 Å². The molecule has 0 saturated carbocycles. The highest BCUT2D eigenvalue weighted by Crippen LogP contribution is 2.31. The van der Waals surface area contributed by atoms with Crippen LogP contribution in [0.1, 0.15) is 38.3 Å². The van der Waals surface area contributed by atoms with Gasteiger partial charge in [0.05, 0.1) is 12.2 Å². The molecule has 1 N–H and O–H groups in total. The van der Waals surface area contributed by atoms with Crippen molar-refractivity contribution in [2.75, 3.05) is 19.6 Å². The van der Waals surface area contributed by atoms with Gasteiger partial charge in [0.2, 0.25) is 0 Å². The summed E-state index contributed by atoms with van der Waals surface area (Å²) in [6, 6.07) is 11.9. The molecule has 3 rings (SSSR count). The molecule has 2 saturated heterocycles. The normalized spacial score (nSPS) is 27.9. The van der Waals surface area contributed by atoms with Gasteiger partial charge in [0.1, 0.15) is 0 Å². The fourth-order valence-electron chi connectivity index (χ4n) is 3.38. The Hall–Kier alpha value is -0.900. The van der Waals surface area contributed by atoms with Crippen LogP contribution in [0.3, 0.4) is 0 Å². The Labute approximate surface area is 122 Å². The van der Waals surface area contributed by atoms with Crippen LogP contribution >= 0.6 is 0 Å². The third kappa shape index (κ3) is 3.22. The Morgan fingerprint density at radius 2 is 1.80 bits per heavy atom. The van der Waals surface area contributed by atoms with E-state index in [1.165, 1.54) is 18.4 Å². The van der Waals surface area contributed by atoms with Crippen molar-refractivity contribution in [3.8, 4) is 0 Å². The topological polar surface area (TPSA) is 24.5 Å². The molecule has 3 atom stereocenters. The first-order chi connectivity index (χ1) is 9.72. The van der Waals surface area contributed by atoms with Crippen molar-refractivity contribution < 1.29 is 4.74 Å². The second-order valence-electron chi connectivity index (χ2n) is 6.40. The zero-order valence-corrected chi connectivity index (χ0v) is 12.6. The summed E-state index contributed by atoms with van der Waals surface area (Å²) in [4.78, 5) is 2.62. The van der Waals surface area contributed by atoms with Gasteiger partial charge in [-0.1, -0.05) is 44.2 Å². The monoisotopic (exact) mass is 274 g/mol. The van der Waals surface area contributed by atoms with Gasteiger partial charge in [-0.3, -0.25) is 4.90 Å². The average Bonchev–Trinajstić information content (AvgIpc) is 2.79. The fraction of sp³-hybridized carbons (Fsp3) is 0.647. The number of benzene rings is 1. The van der Waals surface area contributed by atoms with E-state index in [0.29, 0.717) is 24.3 Å². The van der Waals surface area contributed by atoms with Gasteiger partial charge in [0, 0.05) is 31.7 Å². The summed E-state index contributed by atoms with van der Waals surface area (Å²) in [5.41, 5.74) is 1.42. The number of likely N-dealkylation sites (tertiary alicyclic amines) is 1. The van der Waals surface area contributed by atoms with E-state index in [4.69, 9.17) is 4.74 Å². The number of ether oxygens (including phenoxy) is 1. The molecule has 3 nitrogen and oxygen atoms in total. The summed E-state index contributed by atoms with van der Waals surface area (Å²) < 4.78 is 5.98. The summed E-state index contributed by atoms with van der Waals surface area (Å²) in [7, 11) is 0. The standard InChI is InChI=1S/C17H26N2O/c1-13(2)18-10-17(14-6-4-3-5-7-14)19-11-15-8-9-16(12-19)20-15/h3-7,13,15-18H,8-12H2,1-2H3. The minimum atomic E-state index is 0.457. The maximum absolute atomic E-state index is 5.98. The molecule has 3 heteroatoms. The van der Waals surface area contributed by atoms with Crippen molar-refractivity contribution in [2.24, 2.45) is 0 Å². The number of nitrogens with one attached hydrogen (secondary N) is 1. The Balaban J connectivity index is 1.74. The quantitative estimate of drug-likeness (QED) is 0.893. The van der Waals surface area contributed by atoms with Gasteiger partial charge in [-0.2, -0.15) is 0 Å². The second-order valence-corrected chi connectivity index (χ2v) is 6.40. The molecule has 0 spiro atoms. The third-order valence-corrected chi connectivity index (χ3v) is 4.42. The number of fused-ring (bicyclic) bond motifs is 2. The van der Waals surface area contributed by atoms with Crippen LogP contribution in [0.5, 0.6) is 0 Å². The molecule has 2 bridgehead atoms. The van der Waals surface area contributed by atoms with Crippen LogP contribution in [0.4, 0.5) is 0 Å². The predicted molar refractivity (Wildman–Crippen MR) is 81.8 cm³/mol. The predicted octanol–water partition coefficient (Wildman–Crippen LogP) is 2.59. The molecule has 2 heterocycles. The molecule has 20 heavy (non-hydrogen) atoms. The highest BCUT2D eigenvalue weighted by molar-refractivity contribution is 5.20. The SMILES string of the molecule is CC(C)NCC(c1ccccc1)N1CC2CCC(C1)O2. The lowest BCUT2D eigenvalue weighted by Gasteiger charge is -2.38. The first-order valence-corrected chi connectivity index (χ1v) is 7.90. The number of rotatable bonds is 5. The Bertz CT molecular complexity index is 408. The van der Waals surface area contributed by atoms with E-state index in [1.807, 2.05) is 0 Å². The van der Waals surface area contributed by atoms with Crippen LogP contribution in [0, 0.1) is 0 Å². The zero-order chi connectivity index (χ0) is 13.9. The Morgan fingerprint density at radius 1 is 1.15 bits per heavy atom. The van der Waals surface area contributed by atoms with Crippen molar-refractivity contribution in [2.45, 2.75) is 51.0 Å². The van der Waals surface area contributed by atoms with Gasteiger partial charge in [-0.15, -0.1) is 0 Å². The molecule has 0 aliphatic carbocycles.